The molecule has 2 aromatic heterocycles. The molecule has 0 N–H and O–H groups in total. The second kappa shape index (κ2) is 8.28. The lowest BCUT2D eigenvalue weighted by Crippen LogP contribution is -2.41. The molecule has 3 rings (SSSR count). The monoisotopic (exact) mass is 496 g/mol. The standard InChI is InChI=1S/C19H14Cl2F4N2O5/c1-4-31-17(29)13-12-8(21)5-9(22)14(16(12)32-15(13)7(2)20)27-11(28)6-10(19(23,24)25)26(3)18(27)30/h5-7H,4H2,1-3H3. The third kappa shape index (κ3) is 3.79. The van der Waals surface area contributed by atoms with Crippen molar-refractivity contribution in [2.24, 2.45) is 7.05 Å². The Balaban J connectivity index is 2.51. The molecule has 0 spiro atoms. The van der Waals surface area contributed by atoms with Crippen LogP contribution in [-0.2, 0) is 18.0 Å². The van der Waals surface area contributed by atoms with Crippen molar-refractivity contribution in [3.63, 3.8) is 0 Å². The highest BCUT2D eigenvalue weighted by atomic mass is 35.5. The molecule has 3 aromatic rings. The highest BCUT2D eigenvalue weighted by Gasteiger charge is 2.36. The van der Waals surface area contributed by atoms with Gasteiger partial charge >= 0.3 is 17.8 Å². The van der Waals surface area contributed by atoms with E-state index < -0.39 is 51.6 Å². The molecule has 0 aliphatic rings. The zero-order valence-electron chi connectivity index (χ0n) is 16.6. The molecule has 0 amide bonds. The molecule has 0 saturated heterocycles. The molecule has 13 heteroatoms. The number of carbonyl (C=O) groups is 1. The van der Waals surface area contributed by atoms with Gasteiger partial charge in [-0.25, -0.2) is 18.5 Å². The molecular weight excluding hydrogens is 483 g/mol. The zero-order valence-corrected chi connectivity index (χ0v) is 18.2. The van der Waals surface area contributed by atoms with Crippen molar-refractivity contribution in [1.29, 1.82) is 0 Å². The number of esters is 1. The molecule has 1 aromatic carbocycles. The van der Waals surface area contributed by atoms with Gasteiger partial charge in [-0.15, -0.1) is 11.6 Å². The molecule has 1 unspecified atom stereocenters. The zero-order chi connectivity index (χ0) is 24.1. The molecule has 0 bridgehead atoms. The van der Waals surface area contributed by atoms with Gasteiger partial charge in [-0.2, -0.15) is 13.2 Å². The summed E-state index contributed by atoms with van der Waals surface area (Å²) in [5.74, 6) is -2.36. The Bertz CT molecular complexity index is 1360. The van der Waals surface area contributed by atoms with Crippen LogP contribution in [0.2, 0.25) is 5.02 Å². The van der Waals surface area contributed by atoms with Crippen LogP contribution >= 0.6 is 23.2 Å². The molecule has 7 nitrogen and oxygen atoms in total. The summed E-state index contributed by atoms with van der Waals surface area (Å²) >= 11 is 12.2. The van der Waals surface area contributed by atoms with Crippen LogP contribution in [0.15, 0.2) is 26.1 Å². The Morgan fingerprint density at radius 2 is 1.91 bits per heavy atom. The Kier molecular flexibility index (Phi) is 6.18. The molecule has 0 saturated carbocycles. The second-order valence-corrected chi connectivity index (χ2v) is 7.68. The van der Waals surface area contributed by atoms with Gasteiger partial charge in [-0.1, -0.05) is 11.6 Å². The number of halogens is 6. The van der Waals surface area contributed by atoms with E-state index in [-0.39, 0.29) is 43.5 Å². The number of alkyl halides is 4. The van der Waals surface area contributed by atoms with E-state index in [4.69, 9.17) is 32.4 Å². The van der Waals surface area contributed by atoms with Gasteiger partial charge in [0, 0.05) is 13.1 Å². The average molecular weight is 497 g/mol. The lowest BCUT2D eigenvalue weighted by atomic mass is 10.1. The molecule has 1 atom stereocenters. The summed E-state index contributed by atoms with van der Waals surface area (Å²) in [5.41, 5.74) is -6.11. The van der Waals surface area contributed by atoms with Gasteiger partial charge in [0.25, 0.3) is 5.56 Å². The van der Waals surface area contributed by atoms with Gasteiger partial charge in [0.2, 0.25) is 0 Å². The van der Waals surface area contributed by atoms with Crippen LogP contribution in [0.1, 0.15) is 41.0 Å². The van der Waals surface area contributed by atoms with Crippen LogP contribution in [0.25, 0.3) is 16.7 Å². The fourth-order valence-electron chi connectivity index (χ4n) is 3.20. The van der Waals surface area contributed by atoms with Crippen LogP contribution in [0, 0.1) is 5.82 Å². The summed E-state index contributed by atoms with van der Waals surface area (Å²) in [6, 6.07) is 0.839. The van der Waals surface area contributed by atoms with Crippen molar-refractivity contribution < 1.29 is 31.5 Å². The number of nitrogens with zero attached hydrogens (tertiary/aromatic N) is 2. The van der Waals surface area contributed by atoms with Crippen molar-refractivity contribution in [2.75, 3.05) is 6.61 Å². The maximum absolute atomic E-state index is 15.0. The van der Waals surface area contributed by atoms with E-state index in [2.05, 4.69) is 0 Å². The number of carbonyl (C=O) groups excluding carboxylic acids is 1. The summed E-state index contributed by atoms with van der Waals surface area (Å²) in [6.07, 6.45) is -5.01. The third-order valence-electron chi connectivity index (χ3n) is 4.54. The minimum atomic E-state index is -5.01. The predicted octanol–water partition coefficient (Wildman–Crippen LogP) is 4.57. The number of fused-ring (bicyclic) bond motifs is 1. The molecular formula is C19H14Cl2F4N2O5. The number of furan rings is 1. The molecule has 0 aliphatic heterocycles. The van der Waals surface area contributed by atoms with Gasteiger partial charge in [-0.3, -0.25) is 9.36 Å². The fourth-order valence-corrected chi connectivity index (χ4v) is 3.63. The minimum Gasteiger partial charge on any atom is -0.462 e. The maximum atomic E-state index is 15.0. The molecule has 2 heterocycles. The quantitative estimate of drug-likeness (QED) is 0.300. The maximum Gasteiger partial charge on any atom is 0.431 e. The van der Waals surface area contributed by atoms with Gasteiger partial charge in [0.1, 0.15) is 22.7 Å². The number of aromatic nitrogens is 2. The third-order valence-corrected chi connectivity index (χ3v) is 5.04. The second-order valence-electron chi connectivity index (χ2n) is 6.61. The number of hydrogen-bond acceptors (Lipinski definition) is 5. The summed E-state index contributed by atoms with van der Waals surface area (Å²) in [6.45, 7) is 2.92. The van der Waals surface area contributed by atoms with Crippen LogP contribution < -0.4 is 11.2 Å². The molecule has 0 fully saturated rings. The van der Waals surface area contributed by atoms with E-state index in [0.717, 1.165) is 7.05 Å². The minimum absolute atomic E-state index is 0.0355. The largest absolute Gasteiger partial charge is 0.462 e. The van der Waals surface area contributed by atoms with Crippen LogP contribution in [0.5, 0.6) is 0 Å². The average Bonchev–Trinajstić information content (AvgIpc) is 3.07. The van der Waals surface area contributed by atoms with E-state index in [1.807, 2.05) is 0 Å². The lowest BCUT2D eigenvalue weighted by Gasteiger charge is -2.14. The smallest absolute Gasteiger partial charge is 0.431 e. The Hall–Kier alpha value is -2.79. The van der Waals surface area contributed by atoms with Crippen molar-refractivity contribution in [3.8, 4) is 5.69 Å². The van der Waals surface area contributed by atoms with Gasteiger partial charge < -0.3 is 9.15 Å². The van der Waals surface area contributed by atoms with Crippen LogP contribution in [0.3, 0.4) is 0 Å². The number of hydrogen-bond donors (Lipinski definition) is 0. The number of ether oxygens (including phenoxy) is 1. The first kappa shape index (κ1) is 23.9. The van der Waals surface area contributed by atoms with Gasteiger partial charge in [0.15, 0.2) is 11.4 Å². The topological polar surface area (TPSA) is 83.4 Å². The number of rotatable bonds is 4. The first-order chi connectivity index (χ1) is 14.8. The van der Waals surface area contributed by atoms with E-state index in [1.54, 1.807) is 0 Å². The SMILES string of the molecule is CCOC(=O)c1c(C(C)Cl)oc2c(-n3c(=O)cc(C(F)(F)F)n(C)c3=O)c(F)cc(Cl)c12. The van der Waals surface area contributed by atoms with Crippen molar-refractivity contribution in [2.45, 2.75) is 25.4 Å². The van der Waals surface area contributed by atoms with Gasteiger partial charge in [-0.05, 0) is 19.9 Å². The molecule has 0 aliphatic carbocycles. The van der Waals surface area contributed by atoms with E-state index in [9.17, 15) is 31.9 Å². The highest BCUT2D eigenvalue weighted by Crippen LogP contribution is 2.40. The normalized spacial score (nSPS) is 12.9. The Morgan fingerprint density at radius 1 is 1.28 bits per heavy atom. The lowest BCUT2D eigenvalue weighted by molar-refractivity contribution is -0.144. The summed E-state index contributed by atoms with van der Waals surface area (Å²) < 4.78 is 65.2. The Labute approximate surface area is 186 Å². The van der Waals surface area contributed by atoms with Gasteiger partial charge in [0.05, 0.1) is 22.4 Å². The van der Waals surface area contributed by atoms with E-state index in [0.29, 0.717) is 6.07 Å². The van der Waals surface area contributed by atoms with Crippen molar-refractivity contribution in [3.05, 3.63) is 60.8 Å². The molecule has 0 radical (unpaired) electrons. The van der Waals surface area contributed by atoms with Crippen molar-refractivity contribution >= 4 is 40.1 Å². The van der Waals surface area contributed by atoms with E-state index in [1.165, 1.54) is 13.8 Å². The van der Waals surface area contributed by atoms with E-state index >= 15 is 0 Å². The fraction of sp³-hybridized carbons (Fsp3) is 0.316. The highest BCUT2D eigenvalue weighted by molar-refractivity contribution is 6.37. The molecule has 172 valence electrons. The van der Waals surface area contributed by atoms with Crippen LogP contribution in [0.4, 0.5) is 17.6 Å². The summed E-state index contributed by atoms with van der Waals surface area (Å²) in [5, 5.41) is -1.49. The van der Waals surface area contributed by atoms with Crippen molar-refractivity contribution in [1.82, 2.24) is 9.13 Å². The first-order valence-electron chi connectivity index (χ1n) is 8.97. The Morgan fingerprint density at radius 3 is 2.44 bits per heavy atom. The first-order valence-corrected chi connectivity index (χ1v) is 9.78. The predicted molar refractivity (Wildman–Crippen MR) is 107 cm³/mol. The molecule has 32 heavy (non-hydrogen) atoms. The van der Waals surface area contributed by atoms with Crippen LogP contribution in [-0.4, -0.2) is 21.7 Å². The summed E-state index contributed by atoms with van der Waals surface area (Å²) in [7, 11) is 0.768. The summed E-state index contributed by atoms with van der Waals surface area (Å²) in [4.78, 5) is 37.7. The number of benzene rings is 1.